The second-order valence-corrected chi connectivity index (χ2v) is 4.27. The predicted octanol–water partition coefficient (Wildman–Crippen LogP) is 2.07. The van der Waals surface area contributed by atoms with E-state index in [9.17, 15) is 5.11 Å². The quantitative estimate of drug-likeness (QED) is 0.765. The highest BCUT2D eigenvalue weighted by Crippen LogP contribution is 2.31. The van der Waals surface area contributed by atoms with E-state index in [1.807, 2.05) is 6.07 Å². The highest BCUT2D eigenvalue weighted by atomic mass is 16.3. The third-order valence-electron chi connectivity index (χ3n) is 3.43. The van der Waals surface area contributed by atoms with Crippen molar-refractivity contribution >= 4 is 5.69 Å². The van der Waals surface area contributed by atoms with E-state index >= 15 is 0 Å². The number of para-hydroxylation sites is 1. The number of rotatable bonds is 3. The third kappa shape index (κ3) is 2.00. The molecule has 1 aliphatic heterocycles. The third-order valence-corrected chi connectivity index (χ3v) is 3.43. The van der Waals surface area contributed by atoms with Gasteiger partial charge in [-0.15, -0.1) is 0 Å². The van der Waals surface area contributed by atoms with Crippen molar-refractivity contribution in [3.63, 3.8) is 0 Å². The van der Waals surface area contributed by atoms with Crippen molar-refractivity contribution in [2.24, 2.45) is 0 Å². The Bertz CT molecular complexity index is 361. The van der Waals surface area contributed by atoms with Crippen molar-refractivity contribution in [2.75, 3.05) is 25.0 Å². The average molecular weight is 220 g/mol. The van der Waals surface area contributed by atoms with Crippen LogP contribution in [0.1, 0.15) is 19.4 Å². The van der Waals surface area contributed by atoms with Crippen LogP contribution < -0.4 is 5.32 Å². The monoisotopic (exact) mass is 220 g/mol. The van der Waals surface area contributed by atoms with Crippen LogP contribution in [0.2, 0.25) is 0 Å². The molecule has 1 heterocycles. The zero-order chi connectivity index (χ0) is 11.5. The number of phenols is 1. The fourth-order valence-corrected chi connectivity index (χ4v) is 2.50. The molecule has 16 heavy (non-hydrogen) atoms. The molecule has 88 valence electrons. The van der Waals surface area contributed by atoms with Gasteiger partial charge in [-0.25, -0.2) is 0 Å². The van der Waals surface area contributed by atoms with Crippen LogP contribution in [0.25, 0.3) is 0 Å². The molecule has 1 aromatic rings. The SMILES string of the molecule is CCN(CC)C1CNc2c(O)cccc2C1. The van der Waals surface area contributed by atoms with Crippen LogP contribution in [-0.4, -0.2) is 35.7 Å². The minimum absolute atomic E-state index is 0.371. The van der Waals surface area contributed by atoms with E-state index in [0.29, 0.717) is 11.8 Å². The van der Waals surface area contributed by atoms with Crippen molar-refractivity contribution in [1.29, 1.82) is 0 Å². The highest BCUT2D eigenvalue weighted by molar-refractivity contribution is 5.63. The molecule has 0 spiro atoms. The summed E-state index contributed by atoms with van der Waals surface area (Å²) in [5, 5.41) is 13.1. The van der Waals surface area contributed by atoms with Crippen molar-refractivity contribution in [2.45, 2.75) is 26.3 Å². The van der Waals surface area contributed by atoms with Gasteiger partial charge in [0, 0.05) is 12.6 Å². The van der Waals surface area contributed by atoms with E-state index < -0.39 is 0 Å². The second kappa shape index (κ2) is 4.74. The van der Waals surface area contributed by atoms with Gasteiger partial charge < -0.3 is 10.4 Å². The average Bonchev–Trinajstić information content (AvgIpc) is 2.31. The summed E-state index contributed by atoms with van der Waals surface area (Å²) in [6, 6.07) is 6.30. The van der Waals surface area contributed by atoms with Crippen molar-refractivity contribution < 1.29 is 5.11 Å². The lowest BCUT2D eigenvalue weighted by Crippen LogP contribution is -2.43. The summed E-state index contributed by atoms with van der Waals surface area (Å²) in [4.78, 5) is 2.46. The van der Waals surface area contributed by atoms with E-state index in [2.05, 4.69) is 30.1 Å². The summed E-state index contributed by atoms with van der Waals surface area (Å²) < 4.78 is 0. The topological polar surface area (TPSA) is 35.5 Å². The Morgan fingerprint density at radius 3 is 2.81 bits per heavy atom. The number of hydrogen-bond donors (Lipinski definition) is 2. The number of fused-ring (bicyclic) bond motifs is 1. The van der Waals surface area contributed by atoms with Crippen molar-refractivity contribution in [3.05, 3.63) is 23.8 Å². The fourth-order valence-electron chi connectivity index (χ4n) is 2.50. The molecule has 0 bridgehead atoms. The Morgan fingerprint density at radius 1 is 1.38 bits per heavy atom. The number of nitrogens with one attached hydrogen (secondary N) is 1. The van der Waals surface area contributed by atoms with E-state index in [1.54, 1.807) is 6.07 Å². The molecule has 0 fully saturated rings. The first-order chi connectivity index (χ1) is 7.76. The summed E-state index contributed by atoms with van der Waals surface area (Å²) in [6.45, 7) is 7.48. The summed E-state index contributed by atoms with van der Waals surface area (Å²) >= 11 is 0. The molecule has 3 heteroatoms. The maximum absolute atomic E-state index is 9.72. The van der Waals surface area contributed by atoms with Crippen molar-refractivity contribution in [3.8, 4) is 5.75 Å². The Morgan fingerprint density at radius 2 is 2.12 bits per heavy atom. The van der Waals surface area contributed by atoms with Gasteiger partial charge in [-0.05, 0) is 31.1 Å². The van der Waals surface area contributed by atoms with Crippen LogP contribution in [0.4, 0.5) is 5.69 Å². The number of hydrogen-bond acceptors (Lipinski definition) is 3. The van der Waals surface area contributed by atoms with Gasteiger partial charge in [0.15, 0.2) is 0 Å². The van der Waals surface area contributed by atoms with Gasteiger partial charge in [0.05, 0.1) is 5.69 Å². The second-order valence-electron chi connectivity index (χ2n) is 4.27. The Labute approximate surface area is 97.1 Å². The van der Waals surface area contributed by atoms with Crippen LogP contribution in [0.3, 0.4) is 0 Å². The molecular weight excluding hydrogens is 200 g/mol. The van der Waals surface area contributed by atoms with Crippen LogP contribution in [0.5, 0.6) is 5.75 Å². The predicted molar refractivity (Wildman–Crippen MR) is 67.0 cm³/mol. The van der Waals surface area contributed by atoms with Crippen LogP contribution >= 0.6 is 0 Å². The van der Waals surface area contributed by atoms with E-state index in [0.717, 1.165) is 31.7 Å². The lowest BCUT2D eigenvalue weighted by atomic mass is 9.98. The molecule has 2 N–H and O–H groups in total. The molecule has 0 saturated carbocycles. The van der Waals surface area contributed by atoms with Crippen LogP contribution in [0, 0.1) is 0 Å². The number of likely N-dealkylation sites (N-methyl/N-ethyl adjacent to an activating group) is 1. The molecule has 0 amide bonds. The number of anilines is 1. The molecule has 0 aromatic heterocycles. The van der Waals surface area contributed by atoms with Gasteiger partial charge >= 0.3 is 0 Å². The molecule has 1 unspecified atom stereocenters. The number of aromatic hydroxyl groups is 1. The van der Waals surface area contributed by atoms with E-state index in [-0.39, 0.29) is 0 Å². The smallest absolute Gasteiger partial charge is 0.138 e. The molecular formula is C13H20N2O. The number of phenolic OH excluding ortho intramolecular Hbond substituents is 1. The molecule has 3 nitrogen and oxygen atoms in total. The summed E-state index contributed by atoms with van der Waals surface area (Å²) in [6.07, 6.45) is 1.03. The lowest BCUT2D eigenvalue weighted by molar-refractivity contribution is 0.221. The van der Waals surface area contributed by atoms with Gasteiger partial charge in [-0.3, -0.25) is 4.90 Å². The van der Waals surface area contributed by atoms with E-state index in [1.165, 1.54) is 5.56 Å². The zero-order valence-electron chi connectivity index (χ0n) is 10.0. The van der Waals surface area contributed by atoms with E-state index in [4.69, 9.17) is 0 Å². The number of benzene rings is 1. The summed E-state index contributed by atoms with van der Waals surface area (Å²) in [7, 11) is 0. The van der Waals surface area contributed by atoms with Gasteiger partial charge in [0.25, 0.3) is 0 Å². The summed E-state index contributed by atoms with van der Waals surface area (Å²) in [5.41, 5.74) is 2.15. The Hall–Kier alpha value is -1.22. The van der Waals surface area contributed by atoms with Crippen molar-refractivity contribution in [1.82, 2.24) is 4.90 Å². The number of nitrogens with zero attached hydrogens (tertiary/aromatic N) is 1. The van der Waals surface area contributed by atoms with Gasteiger partial charge in [-0.1, -0.05) is 26.0 Å². The molecule has 1 atom stereocenters. The first-order valence-corrected chi connectivity index (χ1v) is 6.05. The molecule has 1 aliphatic rings. The maximum atomic E-state index is 9.72. The fraction of sp³-hybridized carbons (Fsp3) is 0.538. The molecule has 0 radical (unpaired) electrons. The first-order valence-electron chi connectivity index (χ1n) is 6.05. The minimum atomic E-state index is 0.371. The van der Waals surface area contributed by atoms with Crippen LogP contribution in [0.15, 0.2) is 18.2 Å². The Kier molecular flexibility index (Phi) is 3.34. The Balaban J connectivity index is 2.17. The largest absolute Gasteiger partial charge is 0.506 e. The lowest BCUT2D eigenvalue weighted by Gasteiger charge is -2.34. The van der Waals surface area contributed by atoms with Gasteiger partial charge in [0.1, 0.15) is 5.75 Å². The first kappa shape index (κ1) is 11.3. The molecule has 0 aliphatic carbocycles. The zero-order valence-corrected chi connectivity index (χ0v) is 10.0. The molecule has 2 rings (SSSR count). The normalized spacial score (nSPS) is 19.3. The minimum Gasteiger partial charge on any atom is -0.506 e. The standard InChI is InChI=1S/C13H20N2O/c1-3-15(4-2)11-8-10-6-5-7-12(16)13(10)14-9-11/h5-7,11,14,16H,3-4,8-9H2,1-2H3. The highest BCUT2D eigenvalue weighted by Gasteiger charge is 2.23. The van der Waals surface area contributed by atoms with Gasteiger partial charge in [0.2, 0.25) is 0 Å². The maximum Gasteiger partial charge on any atom is 0.138 e. The molecule has 0 saturated heterocycles. The summed E-state index contributed by atoms with van der Waals surface area (Å²) in [5.74, 6) is 0.371. The van der Waals surface area contributed by atoms with Crippen LogP contribution in [-0.2, 0) is 6.42 Å². The molecule has 1 aromatic carbocycles. The van der Waals surface area contributed by atoms with Gasteiger partial charge in [-0.2, -0.15) is 0 Å².